The monoisotopic (exact) mass is 109 g/mol. The van der Waals surface area contributed by atoms with Gasteiger partial charge in [-0.25, -0.2) is 0 Å². The molecule has 0 spiro atoms. The van der Waals surface area contributed by atoms with Gasteiger partial charge in [-0.1, -0.05) is 0 Å². The van der Waals surface area contributed by atoms with Gasteiger partial charge in [0.05, 0.1) is 11.8 Å². The third kappa shape index (κ3) is 1.02. The predicted molar refractivity (Wildman–Crippen MR) is 29.0 cm³/mol. The summed E-state index contributed by atoms with van der Waals surface area (Å²) in [6.45, 7) is 0. The third-order valence-electron chi connectivity index (χ3n) is 0.784. The largest absolute Gasteiger partial charge is 0.624 e. The van der Waals surface area contributed by atoms with Crippen LogP contribution in [0.3, 0.4) is 0 Å². The Hall–Kier alpha value is -0.930. The second kappa shape index (κ2) is 1.90. The van der Waals surface area contributed by atoms with Gasteiger partial charge in [-0.3, -0.25) is 5.41 Å². The standard InChI is InChI=1S/C5H5N2O/c6-5-1-3-7(8)4-2-5/h1,3-4,6-7H. The molecule has 8 heavy (non-hydrogen) atoms. The molecule has 3 heteroatoms. The number of hydrogen-bond acceptors (Lipinski definition) is 2. The summed E-state index contributed by atoms with van der Waals surface area (Å²) in [5.41, 5.74) is 0.254. The Morgan fingerprint density at radius 2 is 2.50 bits per heavy atom. The second-order valence-electron chi connectivity index (χ2n) is 1.44. The molecule has 0 aliphatic carbocycles. The lowest BCUT2D eigenvalue weighted by atomic mass is 10.3. The molecule has 0 bridgehead atoms. The lowest BCUT2D eigenvalue weighted by Crippen LogP contribution is -2.97. The number of hydroxylamine groups is 2. The molecule has 1 aliphatic rings. The third-order valence-corrected chi connectivity index (χ3v) is 0.784. The molecule has 0 aromatic heterocycles. The molecule has 1 radical (unpaired) electrons. The summed E-state index contributed by atoms with van der Waals surface area (Å²) in [6, 6.07) is 0. The molecule has 0 aromatic rings. The SMILES string of the molecule is N=C1[C]=C[NH+]([O-])C=C1. The van der Waals surface area contributed by atoms with Crippen molar-refractivity contribution in [3.05, 3.63) is 29.8 Å². The van der Waals surface area contributed by atoms with Crippen LogP contribution in [0.25, 0.3) is 0 Å². The molecular formula is C5H5N2O. The van der Waals surface area contributed by atoms with E-state index in [0.717, 1.165) is 0 Å². The fraction of sp³-hybridized carbons (Fsp3) is 0. The Labute approximate surface area is 47.0 Å². The molecule has 3 nitrogen and oxygen atoms in total. The molecule has 1 rings (SSSR count). The van der Waals surface area contributed by atoms with E-state index in [0.29, 0.717) is 0 Å². The van der Waals surface area contributed by atoms with Gasteiger partial charge < -0.3 is 10.3 Å². The van der Waals surface area contributed by atoms with Crippen molar-refractivity contribution in [2.75, 3.05) is 0 Å². The van der Waals surface area contributed by atoms with Crippen molar-refractivity contribution in [1.29, 1.82) is 5.41 Å². The van der Waals surface area contributed by atoms with E-state index < -0.39 is 0 Å². The maximum atomic E-state index is 10.3. The number of rotatable bonds is 0. The maximum Gasteiger partial charge on any atom is 0.109 e. The number of hydrogen-bond donors (Lipinski definition) is 2. The fourth-order valence-electron chi connectivity index (χ4n) is 0.411. The van der Waals surface area contributed by atoms with Crippen LogP contribution < -0.4 is 5.06 Å². The smallest absolute Gasteiger partial charge is 0.109 e. The normalized spacial score (nSPS) is 26.6. The maximum absolute atomic E-state index is 10.3. The van der Waals surface area contributed by atoms with Crippen LogP contribution in [0.5, 0.6) is 0 Å². The van der Waals surface area contributed by atoms with Crippen LogP contribution in [0.4, 0.5) is 0 Å². The van der Waals surface area contributed by atoms with Crippen molar-refractivity contribution in [1.82, 2.24) is 0 Å². The van der Waals surface area contributed by atoms with Gasteiger partial charge in [0.25, 0.3) is 0 Å². The number of quaternary nitrogens is 1. The summed E-state index contributed by atoms with van der Waals surface area (Å²) < 4.78 is 0. The minimum atomic E-state index is -0.0963. The Kier molecular flexibility index (Phi) is 1.24. The van der Waals surface area contributed by atoms with Crippen molar-refractivity contribution < 1.29 is 5.06 Å². The van der Waals surface area contributed by atoms with Gasteiger partial charge in [-0.2, -0.15) is 0 Å². The molecular weight excluding hydrogens is 104 g/mol. The zero-order valence-electron chi connectivity index (χ0n) is 4.14. The summed E-state index contributed by atoms with van der Waals surface area (Å²) in [7, 11) is 0. The molecule has 1 unspecified atom stereocenters. The highest BCUT2D eigenvalue weighted by molar-refractivity contribution is 5.98. The summed E-state index contributed by atoms with van der Waals surface area (Å²) in [5.74, 6) is 0. The number of allylic oxidation sites excluding steroid dienone is 2. The molecule has 0 amide bonds. The first kappa shape index (κ1) is 5.21. The van der Waals surface area contributed by atoms with E-state index in [1.54, 1.807) is 0 Å². The lowest BCUT2D eigenvalue weighted by molar-refractivity contribution is -0.730. The van der Waals surface area contributed by atoms with Crippen LogP contribution in [-0.2, 0) is 0 Å². The average molecular weight is 109 g/mol. The Bertz CT molecular complexity index is 144. The Balaban J connectivity index is 2.68. The van der Waals surface area contributed by atoms with Gasteiger partial charge in [0.15, 0.2) is 0 Å². The molecule has 2 N–H and O–H groups in total. The van der Waals surface area contributed by atoms with Crippen LogP contribution in [0, 0.1) is 16.7 Å². The lowest BCUT2D eigenvalue weighted by Gasteiger charge is -2.12. The van der Waals surface area contributed by atoms with Gasteiger partial charge in [0.1, 0.15) is 12.4 Å². The molecule has 1 atom stereocenters. The van der Waals surface area contributed by atoms with E-state index in [4.69, 9.17) is 5.41 Å². The second-order valence-corrected chi connectivity index (χ2v) is 1.44. The predicted octanol–water partition coefficient (Wildman–Crippen LogP) is -0.767. The highest BCUT2D eigenvalue weighted by atomic mass is 16.5. The van der Waals surface area contributed by atoms with Crippen LogP contribution >= 0.6 is 0 Å². The first-order chi connectivity index (χ1) is 3.79. The van der Waals surface area contributed by atoms with Crippen molar-refractivity contribution in [3.8, 4) is 0 Å². The van der Waals surface area contributed by atoms with Crippen LogP contribution in [-0.4, -0.2) is 5.71 Å². The molecule has 0 aromatic carbocycles. The summed E-state index contributed by atoms with van der Waals surface area (Å²) >= 11 is 0. The summed E-state index contributed by atoms with van der Waals surface area (Å²) in [4.78, 5) is 0. The van der Waals surface area contributed by atoms with Crippen LogP contribution in [0.2, 0.25) is 0 Å². The van der Waals surface area contributed by atoms with E-state index >= 15 is 0 Å². The minimum Gasteiger partial charge on any atom is -0.624 e. The highest BCUT2D eigenvalue weighted by Gasteiger charge is 1.94. The van der Waals surface area contributed by atoms with Gasteiger partial charge >= 0.3 is 0 Å². The van der Waals surface area contributed by atoms with E-state index in [2.05, 4.69) is 6.08 Å². The summed E-state index contributed by atoms with van der Waals surface area (Å²) in [6.07, 6.45) is 6.47. The van der Waals surface area contributed by atoms with E-state index in [1.807, 2.05) is 0 Å². The first-order valence-corrected chi connectivity index (χ1v) is 2.19. The van der Waals surface area contributed by atoms with Crippen molar-refractivity contribution in [2.45, 2.75) is 0 Å². The molecule has 0 fully saturated rings. The van der Waals surface area contributed by atoms with E-state index in [1.165, 1.54) is 18.5 Å². The zero-order chi connectivity index (χ0) is 5.98. The van der Waals surface area contributed by atoms with Crippen molar-refractivity contribution >= 4 is 5.71 Å². The average Bonchev–Trinajstić information content (AvgIpc) is 1.77. The molecule has 41 valence electrons. The van der Waals surface area contributed by atoms with Crippen LogP contribution in [0.1, 0.15) is 0 Å². The Morgan fingerprint density at radius 3 is 2.88 bits per heavy atom. The first-order valence-electron chi connectivity index (χ1n) is 2.19. The van der Waals surface area contributed by atoms with Gasteiger partial charge in [0, 0.05) is 6.08 Å². The molecule has 1 aliphatic heterocycles. The van der Waals surface area contributed by atoms with E-state index in [-0.39, 0.29) is 10.8 Å². The quantitative estimate of drug-likeness (QED) is 0.394. The molecule has 0 saturated heterocycles. The number of nitrogens with one attached hydrogen (secondary N) is 2. The zero-order valence-corrected chi connectivity index (χ0v) is 4.14. The molecule has 1 heterocycles. The highest BCUT2D eigenvalue weighted by Crippen LogP contribution is 1.77. The minimum absolute atomic E-state index is 0.0963. The fourth-order valence-corrected chi connectivity index (χ4v) is 0.411. The molecule has 0 saturated carbocycles. The van der Waals surface area contributed by atoms with Crippen molar-refractivity contribution in [3.63, 3.8) is 0 Å². The summed E-state index contributed by atoms with van der Waals surface area (Å²) in [5, 5.41) is 17.1. The van der Waals surface area contributed by atoms with Gasteiger partial charge in [0.2, 0.25) is 0 Å². The van der Waals surface area contributed by atoms with Crippen molar-refractivity contribution in [2.24, 2.45) is 0 Å². The topological polar surface area (TPSA) is 51.4 Å². The van der Waals surface area contributed by atoms with E-state index in [9.17, 15) is 5.21 Å². The van der Waals surface area contributed by atoms with Gasteiger partial charge in [-0.15, -0.1) is 0 Å². The van der Waals surface area contributed by atoms with Crippen LogP contribution in [0.15, 0.2) is 18.5 Å². The van der Waals surface area contributed by atoms with Gasteiger partial charge in [-0.05, 0) is 0 Å². The Morgan fingerprint density at radius 1 is 1.75 bits per heavy atom.